The quantitative estimate of drug-likeness (QED) is 0.822. The minimum absolute atomic E-state index is 0.0348. The van der Waals surface area contributed by atoms with Crippen LogP contribution in [0.3, 0.4) is 0 Å². The average molecular weight is 332 g/mol. The molecule has 2 atom stereocenters. The molecule has 1 aromatic heterocycles. The Morgan fingerprint density at radius 1 is 1.42 bits per heavy atom. The molecule has 0 radical (unpaired) electrons. The van der Waals surface area contributed by atoms with E-state index < -0.39 is 0 Å². The van der Waals surface area contributed by atoms with Crippen LogP contribution >= 0.6 is 0 Å². The number of rotatable bonds is 6. The van der Waals surface area contributed by atoms with Gasteiger partial charge in [0.1, 0.15) is 11.5 Å². The Kier molecular flexibility index (Phi) is 5.20. The Morgan fingerprint density at radius 2 is 2.29 bits per heavy atom. The van der Waals surface area contributed by atoms with Gasteiger partial charge in [-0.1, -0.05) is 17.3 Å². The van der Waals surface area contributed by atoms with Crippen LogP contribution in [-0.4, -0.2) is 50.6 Å². The van der Waals surface area contributed by atoms with Crippen molar-refractivity contribution >= 4 is 6.41 Å². The predicted molar refractivity (Wildman–Crippen MR) is 86.6 cm³/mol. The van der Waals surface area contributed by atoms with Gasteiger partial charge in [-0.25, -0.2) is 9.07 Å². The number of amides is 1. The number of hydrogen-bond donors (Lipinski definition) is 1. The molecule has 1 aliphatic rings. The van der Waals surface area contributed by atoms with Gasteiger partial charge < -0.3 is 10.0 Å². The largest absolute Gasteiger partial charge is 0.395 e. The summed E-state index contributed by atoms with van der Waals surface area (Å²) in [5.74, 6) is -0.301. The van der Waals surface area contributed by atoms with E-state index in [0.717, 1.165) is 32.1 Å². The van der Waals surface area contributed by atoms with Crippen molar-refractivity contribution in [1.82, 2.24) is 19.9 Å². The fraction of sp³-hybridized carbons (Fsp3) is 0.471. The highest BCUT2D eigenvalue weighted by Crippen LogP contribution is 2.31. The summed E-state index contributed by atoms with van der Waals surface area (Å²) in [4.78, 5) is 12.9. The Labute approximate surface area is 139 Å². The van der Waals surface area contributed by atoms with Crippen molar-refractivity contribution in [2.75, 3.05) is 13.2 Å². The highest BCUT2D eigenvalue weighted by Gasteiger charge is 2.27. The third-order valence-electron chi connectivity index (χ3n) is 4.59. The lowest BCUT2D eigenvalue weighted by molar-refractivity contribution is -0.121. The number of carbonyl (C=O) groups is 1. The summed E-state index contributed by atoms with van der Waals surface area (Å²) >= 11 is 0. The van der Waals surface area contributed by atoms with Crippen LogP contribution in [0.25, 0.3) is 11.3 Å². The topological polar surface area (TPSA) is 71.2 Å². The second kappa shape index (κ2) is 7.53. The predicted octanol–water partition coefficient (Wildman–Crippen LogP) is 2.02. The standard InChI is InChI=1S/C17H21FN4O2/c18-14-4-1-3-13(9-14)17-11-22(20-19-17)16-6-2-5-15(10-16)21(12-24)7-8-23/h1,3-4,9,11-12,15-16,23H,2,5-8,10H2. The van der Waals surface area contributed by atoms with Gasteiger partial charge in [0.15, 0.2) is 0 Å². The van der Waals surface area contributed by atoms with Crippen LogP contribution in [0.5, 0.6) is 0 Å². The zero-order chi connectivity index (χ0) is 16.9. The van der Waals surface area contributed by atoms with Crippen molar-refractivity contribution in [3.63, 3.8) is 0 Å². The van der Waals surface area contributed by atoms with E-state index in [2.05, 4.69) is 10.3 Å². The van der Waals surface area contributed by atoms with E-state index in [1.807, 2.05) is 10.9 Å². The van der Waals surface area contributed by atoms with Crippen molar-refractivity contribution < 1.29 is 14.3 Å². The van der Waals surface area contributed by atoms with Crippen LogP contribution in [0, 0.1) is 5.82 Å². The number of hydrogen-bond acceptors (Lipinski definition) is 4. The molecule has 2 aromatic rings. The molecule has 0 aliphatic heterocycles. The molecule has 2 unspecified atom stereocenters. The molecule has 3 rings (SSSR count). The van der Waals surface area contributed by atoms with E-state index in [0.29, 0.717) is 17.8 Å². The number of aliphatic hydroxyl groups excluding tert-OH is 1. The average Bonchev–Trinajstić information content (AvgIpc) is 3.10. The maximum Gasteiger partial charge on any atom is 0.210 e. The van der Waals surface area contributed by atoms with Crippen LogP contribution in [0.15, 0.2) is 30.5 Å². The van der Waals surface area contributed by atoms with Gasteiger partial charge in [-0.3, -0.25) is 4.79 Å². The molecule has 24 heavy (non-hydrogen) atoms. The lowest BCUT2D eigenvalue weighted by atomic mass is 9.90. The molecule has 1 aromatic carbocycles. The molecule has 0 spiro atoms. The van der Waals surface area contributed by atoms with Gasteiger partial charge in [0.05, 0.1) is 18.8 Å². The maximum absolute atomic E-state index is 13.4. The molecule has 128 valence electrons. The summed E-state index contributed by atoms with van der Waals surface area (Å²) in [6, 6.07) is 6.55. The Hall–Kier alpha value is -2.28. The van der Waals surface area contributed by atoms with E-state index in [1.165, 1.54) is 12.1 Å². The Morgan fingerprint density at radius 3 is 3.04 bits per heavy atom. The van der Waals surface area contributed by atoms with Gasteiger partial charge >= 0.3 is 0 Å². The summed E-state index contributed by atoms with van der Waals surface area (Å²) in [7, 11) is 0. The molecule has 0 bridgehead atoms. The fourth-order valence-electron chi connectivity index (χ4n) is 3.35. The van der Waals surface area contributed by atoms with Crippen molar-refractivity contribution in [2.45, 2.75) is 37.8 Å². The highest BCUT2D eigenvalue weighted by atomic mass is 19.1. The molecule has 1 N–H and O–H groups in total. The van der Waals surface area contributed by atoms with Crippen molar-refractivity contribution in [3.8, 4) is 11.3 Å². The Balaban J connectivity index is 1.73. The second-order valence-corrected chi connectivity index (χ2v) is 6.14. The van der Waals surface area contributed by atoms with Gasteiger partial charge in [-0.15, -0.1) is 5.10 Å². The van der Waals surface area contributed by atoms with Gasteiger partial charge in [0.25, 0.3) is 0 Å². The molecule has 1 amide bonds. The summed E-state index contributed by atoms with van der Waals surface area (Å²) in [5, 5.41) is 17.4. The minimum atomic E-state index is -0.301. The number of benzene rings is 1. The smallest absolute Gasteiger partial charge is 0.210 e. The normalized spacial score (nSPS) is 20.8. The molecule has 6 nitrogen and oxygen atoms in total. The van der Waals surface area contributed by atoms with Gasteiger partial charge in [-0.2, -0.15) is 0 Å². The second-order valence-electron chi connectivity index (χ2n) is 6.14. The molecular formula is C17H21FN4O2. The lowest BCUT2D eigenvalue weighted by Gasteiger charge is -2.35. The van der Waals surface area contributed by atoms with Crippen molar-refractivity contribution in [3.05, 3.63) is 36.3 Å². The van der Waals surface area contributed by atoms with Gasteiger partial charge in [-0.05, 0) is 37.8 Å². The molecule has 1 saturated carbocycles. The van der Waals surface area contributed by atoms with E-state index >= 15 is 0 Å². The maximum atomic E-state index is 13.4. The molecular weight excluding hydrogens is 311 g/mol. The number of aliphatic hydroxyl groups is 1. The third-order valence-corrected chi connectivity index (χ3v) is 4.59. The number of nitrogens with zero attached hydrogens (tertiary/aromatic N) is 4. The van der Waals surface area contributed by atoms with Gasteiger partial charge in [0.2, 0.25) is 6.41 Å². The van der Waals surface area contributed by atoms with E-state index in [1.54, 1.807) is 17.0 Å². The SMILES string of the molecule is O=CN(CCO)C1CCCC(n2cc(-c3cccc(F)c3)nn2)C1. The fourth-order valence-corrected chi connectivity index (χ4v) is 3.35. The first-order valence-electron chi connectivity index (χ1n) is 8.21. The van der Waals surface area contributed by atoms with Crippen LogP contribution in [0.4, 0.5) is 4.39 Å². The molecule has 1 heterocycles. The zero-order valence-electron chi connectivity index (χ0n) is 13.4. The van der Waals surface area contributed by atoms with Crippen LogP contribution in [0.1, 0.15) is 31.7 Å². The van der Waals surface area contributed by atoms with Crippen LogP contribution in [0.2, 0.25) is 0 Å². The van der Waals surface area contributed by atoms with Crippen molar-refractivity contribution in [2.24, 2.45) is 0 Å². The first-order chi connectivity index (χ1) is 11.7. The Bertz CT molecular complexity index is 691. The van der Waals surface area contributed by atoms with Crippen molar-refractivity contribution in [1.29, 1.82) is 0 Å². The minimum Gasteiger partial charge on any atom is -0.395 e. The summed E-state index contributed by atoms with van der Waals surface area (Å²) in [6.07, 6.45) is 6.31. The first kappa shape index (κ1) is 16.6. The summed E-state index contributed by atoms with van der Waals surface area (Å²) in [5.41, 5.74) is 1.34. The first-order valence-corrected chi connectivity index (χ1v) is 8.21. The van der Waals surface area contributed by atoms with E-state index in [9.17, 15) is 9.18 Å². The van der Waals surface area contributed by atoms with Crippen LogP contribution in [-0.2, 0) is 4.79 Å². The summed E-state index contributed by atoms with van der Waals surface area (Å²) < 4.78 is 15.2. The van der Waals surface area contributed by atoms with Crippen LogP contribution < -0.4 is 0 Å². The molecule has 7 heteroatoms. The number of carbonyl (C=O) groups excluding carboxylic acids is 1. The molecule has 1 aliphatic carbocycles. The highest BCUT2D eigenvalue weighted by molar-refractivity contribution is 5.57. The van der Waals surface area contributed by atoms with E-state index in [-0.39, 0.29) is 24.5 Å². The number of aromatic nitrogens is 3. The monoisotopic (exact) mass is 332 g/mol. The molecule has 1 fully saturated rings. The van der Waals surface area contributed by atoms with Gasteiger partial charge in [0, 0.05) is 18.2 Å². The molecule has 0 saturated heterocycles. The third kappa shape index (κ3) is 3.62. The summed E-state index contributed by atoms with van der Waals surface area (Å²) in [6.45, 7) is 0.319. The lowest BCUT2D eigenvalue weighted by Crippen LogP contribution is -2.40. The number of halogens is 1. The van der Waals surface area contributed by atoms with E-state index in [4.69, 9.17) is 5.11 Å². The zero-order valence-corrected chi connectivity index (χ0v) is 13.4.